The molecule has 1 aliphatic carbocycles. The third-order valence-electron chi connectivity index (χ3n) is 3.78. The van der Waals surface area contributed by atoms with Gasteiger partial charge in [-0.1, -0.05) is 29.4 Å². The van der Waals surface area contributed by atoms with E-state index in [0.717, 1.165) is 29.6 Å². The van der Waals surface area contributed by atoms with Gasteiger partial charge < -0.3 is 10.6 Å². The molecule has 19 heavy (non-hydrogen) atoms. The molecule has 0 aromatic heterocycles. The number of nitrogens with zero attached hydrogens (tertiary/aromatic N) is 2. The van der Waals surface area contributed by atoms with E-state index in [1.165, 1.54) is 19.4 Å². The normalized spacial score (nSPS) is 28.5. The van der Waals surface area contributed by atoms with E-state index in [1.807, 2.05) is 0 Å². The fraction of sp³-hybridized carbons (Fsp3) is 0.786. The molecule has 2 aliphatic rings. The van der Waals surface area contributed by atoms with Gasteiger partial charge in [-0.15, -0.1) is 0 Å². The van der Waals surface area contributed by atoms with Crippen molar-refractivity contribution in [2.75, 3.05) is 26.2 Å². The molecular weight excluding hydrogens is 304 g/mol. The van der Waals surface area contributed by atoms with Crippen LogP contribution in [0.5, 0.6) is 0 Å². The first-order valence-electron chi connectivity index (χ1n) is 7.22. The predicted octanol–water partition coefficient (Wildman–Crippen LogP) is 1.93. The summed E-state index contributed by atoms with van der Waals surface area (Å²) in [5.74, 6) is 1.58. The van der Waals surface area contributed by atoms with Crippen LogP contribution < -0.4 is 10.6 Å². The molecule has 0 bridgehead atoms. The minimum atomic E-state index is 0.502. The highest BCUT2D eigenvalue weighted by molar-refractivity contribution is 9.11. The van der Waals surface area contributed by atoms with Crippen LogP contribution >= 0.6 is 15.9 Å². The molecule has 2 N–H and O–H groups in total. The molecule has 2 unspecified atom stereocenters. The van der Waals surface area contributed by atoms with Crippen LogP contribution in [0.4, 0.5) is 0 Å². The Kier molecular flexibility index (Phi) is 5.28. The summed E-state index contributed by atoms with van der Waals surface area (Å²) in [7, 11) is 0. The van der Waals surface area contributed by atoms with Crippen molar-refractivity contribution < 1.29 is 0 Å². The average molecular weight is 329 g/mol. The van der Waals surface area contributed by atoms with Gasteiger partial charge in [0.2, 0.25) is 0 Å². The van der Waals surface area contributed by atoms with Crippen molar-refractivity contribution in [3.63, 3.8) is 0 Å². The van der Waals surface area contributed by atoms with Crippen molar-refractivity contribution in [2.24, 2.45) is 10.9 Å². The molecule has 1 aliphatic heterocycles. The fourth-order valence-electron chi connectivity index (χ4n) is 2.59. The second-order valence-electron chi connectivity index (χ2n) is 5.63. The number of hydrogen-bond donors (Lipinski definition) is 2. The highest BCUT2D eigenvalue weighted by Crippen LogP contribution is 2.31. The molecule has 2 rings (SSSR count). The summed E-state index contributed by atoms with van der Waals surface area (Å²) in [6.07, 6.45) is 2.77. The van der Waals surface area contributed by atoms with E-state index in [-0.39, 0.29) is 0 Å². The third-order valence-corrected chi connectivity index (χ3v) is 4.03. The van der Waals surface area contributed by atoms with Gasteiger partial charge in [-0.2, -0.15) is 0 Å². The van der Waals surface area contributed by atoms with Crippen LogP contribution in [0, 0.1) is 5.92 Å². The highest BCUT2D eigenvalue weighted by atomic mass is 79.9. The zero-order valence-corrected chi connectivity index (χ0v) is 13.5. The van der Waals surface area contributed by atoms with Gasteiger partial charge in [-0.05, 0) is 25.7 Å². The first-order valence-corrected chi connectivity index (χ1v) is 8.01. The molecule has 1 saturated carbocycles. The first-order chi connectivity index (χ1) is 9.10. The Labute approximate surface area is 124 Å². The van der Waals surface area contributed by atoms with Gasteiger partial charge in [0.1, 0.15) is 0 Å². The molecule has 2 fully saturated rings. The van der Waals surface area contributed by atoms with Crippen molar-refractivity contribution in [1.29, 1.82) is 0 Å². The molecule has 0 aromatic carbocycles. The lowest BCUT2D eigenvalue weighted by atomic mass is 10.1. The summed E-state index contributed by atoms with van der Waals surface area (Å²) in [4.78, 5) is 7.15. The standard InChI is InChI=1S/C14H25BrN4/c1-4-16-14(17-7-11(3)15)18-13-9-19(8-10(13)2)12-5-6-12/h10,12-13H,3-9H2,1-2H3,(H2,16,17,18). The van der Waals surface area contributed by atoms with E-state index < -0.39 is 0 Å². The molecule has 4 nitrogen and oxygen atoms in total. The number of halogens is 1. The van der Waals surface area contributed by atoms with Crippen LogP contribution in [0.15, 0.2) is 16.1 Å². The Hall–Kier alpha value is -0.550. The number of nitrogens with one attached hydrogen (secondary N) is 2. The third kappa shape index (κ3) is 4.49. The Balaban J connectivity index is 1.88. The van der Waals surface area contributed by atoms with E-state index in [1.54, 1.807) is 0 Å². The van der Waals surface area contributed by atoms with E-state index in [9.17, 15) is 0 Å². The molecule has 2 atom stereocenters. The van der Waals surface area contributed by atoms with Crippen LogP contribution in [0.1, 0.15) is 26.7 Å². The maximum Gasteiger partial charge on any atom is 0.191 e. The molecule has 0 aromatic rings. The van der Waals surface area contributed by atoms with Crippen molar-refractivity contribution in [2.45, 2.75) is 38.8 Å². The van der Waals surface area contributed by atoms with Crippen LogP contribution in [0.3, 0.4) is 0 Å². The molecule has 108 valence electrons. The second-order valence-corrected chi connectivity index (χ2v) is 6.75. The summed E-state index contributed by atoms with van der Waals surface area (Å²) < 4.78 is 0.906. The molecule has 5 heteroatoms. The summed E-state index contributed by atoms with van der Waals surface area (Å²) >= 11 is 3.35. The highest BCUT2D eigenvalue weighted by Gasteiger charge is 2.38. The topological polar surface area (TPSA) is 39.7 Å². The molecule has 1 heterocycles. The minimum absolute atomic E-state index is 0.502. The number of rotatable bonds is 5. The lowest BCUT2D eigenvalue weighted by molar-refractivity contribution is 0.315. The summed E-state index contributed by atoms with van der Waals surface area (Å²) in [5, 5.41) is 6.87. The molecular formula is C14H25BrN4. The Morgan fingerprint density at radius 1 is 1.42 bits per heavy atom. The number of likely N-dealkylation sites (tertiary alicyclic amines) is 1. The monoisotopic (exact) mass is 328 g/mol. The Morgan fingerprint density at radius 2 is 2.16 bits per heavy atom. The summed E-state index contributed by atoms with van der Waals surface area (Å²) in [5.41, 5.74) is 0. The lowest BCUT2D eigenvalue weighted by Crippen LogP contribution is -2.46. The van der Waals surface area contributed by atoms with Crippen LogP contribution in [-0.2, 0) is 0 Å². The number of guanidine groups is 1. The van der Waals surface area contributed by atoms with Crippen molar-refractivity contribution in [3.05, 3.63) is 11.1 Å². The van der Waals surface area contributed by atoms with Crippen LogP contribution in [0.2, 0.25) is 0 Å². The molecule has 1 saturated heterocycles. The Bertz CT molecular complexity index is 351. The number of aliphatic imine (C=N–C) groups is 1. The van der Waals surface area contributed by atoms with Crippen molar-refractivity contribution in [3.8, 4) is 0 Å². The van der Waals surface area contributed by atoms with Gasteiger partial charge in [-0.25, -0.2) is 4.99 Å². The van der Waals surface area contributed by atoms with Gasteiger partial charge in [0.15, 0.2) is 5.96 Å². The van der Waals surface area contributed by atoms with Gasteiger partial charge in [-0.3, -0.25) is 4.90 Å². The number of hydrogen-bond acceptors (Lipinski definition) is 2. The van der Waals surface area contributed by atoms with Gasteiger partial charge in [0.05, 0.1) is 6.54 Å². The molecule has 0 spiro atoms. The maximum absolute atomic E-state index is 4.53. The quantitative estimate of drug-likeness (QED) is 0.598. The zero-order valence-electron chi connectivity index (χ0n) is 12.0. The average Bonchev–Trinajstić information content (AvgIpc) is 3.13. The largest absolute Gasteiger partial charge is 0.357 e. The maximum atomic E-state index is 4.53. The van der Waals surface area contributed by atoms with E-state index in [2.05, 4.69) is 56.9 Å². The molecule has 0 amide bonds. The zero-order chi connectivity index (χ0) is 13.8. The SMILES string of the molecule is C=C(Br)CN=C(NCC)NC1CN(C2CC2)CC1C. The first kappa shape index (κ1) is 14.9. The van der Waals surface area contributed by atoms with E-state index >= 15 is 0 Å². The molecule has 0 radical (unpaired) electrons. The van der Waals surface area contributed by atoms with Crippen LogP contribution in [0.25, 0.3) is 0 Å². The van der Waals surface area contributed by atoms with Gasteiger partial charge >= 0.3 is 0 Å². The van der Waals surface area contributed by atoms with Crippen LogP contribution in [-0.4, -0.2) is 49.1 Å². The predicted molar refractivity (Wildman–Crippen MR) is 84.7 cm³/mol. The van der Waals surface area contributed by atoms with E-state index in [4.69, 9.17) is 0 Å². The van der Waals surface area contributed by atoms with Crippen molar-refractivity contribution in [1.82, 2.24) is 15.5 Å². The fourth-order valence-corrected chi connectivity index (χ4v) is 2.72. The Morgan fingerprint density at radius 3 is 2.74 bits per heavy atom. The van der Waals surface area contributed by atoms with Crippen molar-refractivity contribution >= 4 is 21.9 Å². The summed E-state index contributed by atoms with van der Waals surface area (Å²) in [6, 6.07) is 1.36. The van der Waals surface area contributed by atoms with Gasteiger partial charge in [0, 0.05) is 36.2 Å². The summed E-state index contributed by atoms with van der Waals surface area (Å²) in [6.45, 7) is 12.1. The second kappa shape index (κ2) is 6.75. The minimum Gasteiger partial charge on any atom is -0.357 e. The lowest BCUT2D eigenvalue weighted by Gasteiger charge is -2.20. The van der Waals surface area contributed by atoms with Gasteiger partial charge in [0.25, 0.3) is 0 Å². The van der Waals surface area contributed by atoms with E-state index in [0.29, 0.717) is 18.5 Å². The smallest absolute Gasteiger partial charge is 0.191 e.